The molecule has 0 heterocycles. The number of hydrogen-bond donors (Lipinski definition) is 1. The van der Waals surface area contributed by atoms with Gasteiger partial charge in [-0.05, 0) is 24.1 Å². The number of hydrogen-bond acceptors (Lipinski definition) is 1. The number of benzene rings is 1. The van der Waals surface area contributed by atoms with Gasteiger partial charge in [-0.2, -0.15) is 57.1 Å². The van der Waals surface area contributed by atoms with Crippen LogP contribution in [0.2, 0.25) is 0 Å². The second kappa shape index (κ2) is 12.3. The number of rotatable bonds is 8. The molecule has 0 unspecified atom stereocenters. The van der Waals surface area contributed by atoms with Gasteiger partial charge in [-0.25, -0.2) is 4.79 Å². The smallest absolute Gasteiger partial charge is 0.460 e. The van der Waals surface area contributed by atoms with Crippen LogP contribution in [0.5, 0.6) is 0 Å². The molecule has 1 aromatic carbocycles. The van der Waals surface area contributed by atoms with Crippen LogP contribution in [0.1, 0.15) is 18.1 Å². The summed E-state index contributed by atoms with van der Waals surface area (Å²) >= 11 is 0. The lowest BCUT2D eigenvalue weighted by Crippen LogP contribution is -2.69. The highest BCUT2D eigenvalue weighted by atomic mass is 19.4. The van der Waals surface area contributed by atoms with Gasteiger partial charge in [0.1, 0.15) is 0 Å². The first-order chi connectivity index (χ1) is 16.3. The first kappa shape index (κ1) is 35.9. The Morgan fingerprint density at radius 2 is 1.00 bits per heavy atom. The maximum Gasteiger partial charge on any atom is 0.460 e. The van der Waals surface area contributed by atoms with Crippen molar-refractivity contribution in [3.05, 3.63) is 73.4 Å². The minimum Gasteiger partial charge on any atom is -0.478 e. The number of alkyl halides is 13. The molecule has 0 aliphatic carbocycles. The van der Waals surface area contributed by atoms with Crippen molar-refractivity contribution in [1.29, 1.82) is 0 Å². The number of halogens is 13. The van der Waals surface area contributed by atoms with E-state index in [9.17, 15) is 61.9 Å². The second-order valence-electron chi connectivity index (χ2n) is 6.75. The van der Waals surface area contributed by atoms with E-state index < -0.39 is 47.8 Å². The molecule has 0 fully saturated rings. The van der Waals surface area contributed by atoms with Gasteiger partial charge in [-0.1, -0.05) is 62.7 Å². The molecule has 210 valence electrons. The molecule has 0 bridgehead atoms. The Balaban J connectivity index is 0. The van der Waals surface area contributed by atoms with Crippen LogP contribution in [-0.2, 0) is 4.79 Å². The Morgan fingerprint density at radius 3 is 1.22 bits per heavy atom. The summed E-state index contributed by atoms with van der Waals surface area (Å²) in [6, 6.07) is 8.02. The molecule has 1 N–H and O–H groups in total. The van der Waals surface area contributed by atoms with Crippen LogP contribution < -0.4 is 0 Å². The Kier molecular flexibility index (Phi) is 12.0. The number of carboxylic acids is 1. The zero-order valence-electron chi connectivity index (χ0n) is 18.6. The highest BCUT2D eigenvalue weighted by Crippen LogP contribution is 2.60. The van der Waals surface area contributed by atoms with Gasteiger partial charge in [0, 0.05) is 5.57 Å². The van der Waals surface area contributed by atoms with E-state index in [1.165, 1.54) is 6.92 Å². The van der Waals surface area contributed by atoms with Gasteiger partial charge < -0.3 is 5.11 Å². The molecule has 2 nitrogen and oxygen atoms in total. The molecule has 1 aromatic rings. The van der Waals surface area contributed by atoms with Gasteiger partial charge in [0.25, 0.3) is 0 Å². The number of allylic oxidation sites excluding steroid dienone is 1. The highest BCUT2D eigenvalue weighted by molar-refractivity contribution is 5.84. The van der Waals surface area contributed by atoms with Crippen molar-refractivity contribution in [2.75, 3.05) is 0 Å². The van der Waals surface area contributed by atoms with Crippen molar-refractivity contribution in [2.45, 2.75) is 42.7 Å². The van der Waals surface area contributed by atoms with E-state index in [0.29, 0.717) is 0 Å². The third kappa shape index (κ3) is 7.61. The number of carboxylic acid groups (broad SMARTS) is 1. The minimum absolute atomic E-state index is 0.176. The van der Waals surface area contributed by atoms with Crippen molar-refractivity contribution in [3.8, 4) is 0 Å². The average Bonchev–Trinajstić information content (AvgIpc) is 2.78. The largest absolute Gasteiger partial charge is 0.478 e. The van der Waals surface area contributed by atoms with E-state index in [2.05, 4.69) is 19.7 Å². The summed E-state index contributed by atoms with van der Waals surface area (Å²) < 4.78 is 160. The maximum absolute atomic E-state index is 12.7. The summed E-state index contributed by atoms with van der Waals surface area (Å²) in [5.41, 5.74) is 2.45. The first-order valence-corrected chi connectivity index (χ1v) is 9.16. The highest BCUT2D eigenvalue weighted by Gasteiger charge is 2.90. The zero-order valence-corrected chi connectivity index (χ0v) is 18.6. The quantitative estimate of drug-likeness (QED) is 0.196. The average molecular weight is 562 g/mol. The Bertz CT molecular complexity index is 938. The van der Waals surface area contributed by atoms with Crippen LogP contribution in [-0.4, -0.2) is 46.9 Å². The van der Waals surface area contributed by atoms with Crippen molar-refractivity contribution >= 4 is 18.1 Å². The van der Waals surface area contributed by atoms with E-state index in [4.69, 9.17) is 5.11 Å². The predicted molar refractivity (Wildman–Crippen MR) is 110 cm³/mol. The van der Waals surface area contributed by atoms with Crippen LogP contribution in [0.25, 0.3) is 12.2 Å². The van der Waals surface area contributed by atoms with Gasteiger partial charge in [-0.15, -0.1) is 0 Å². The van der Waals surface area contributed by atoms with Gasteiger partial charge >= 0.3 is 41.8 Å². The first-order valence-electron chi connectivity index (χ1n) is 9.16. The third-order valence-electron chi connectivity index (χ3n) is 4.01. The Morgan fingerprint density at radius 1 is 0.703 bits per heavy atom. The SMILES string of the molecule is C=C(C)C(=O)O.C=CC(F)(F)C(F)(F)C(F)(F)C(F)(F)C(F)(F)C(F)(F)F.C=Cc1ccccc1C=C. The van der Waals surface area contributed by atoms with Crippen molar-refractivity contribution in [2.24, 2.45) is 0 Å². The third-order valence-corrected chi connectivity index (χ3v) is 4.01. The number of carbonyl (C=O) groups is 1. The molecular weight excluding hydrogens is 543 g/mol. The van der Waals surface area contributed by atoms with Crippen LogP contribution >= 0.6 is 0 Å². The molecule has 0 radical (unpaired) electrons. The van der Waals surface area contributed by atoms with Crippen molar-refractivity contribution in [3.63, 3.8) is 0 Å². The summed E-state index contributed by atoms with van der Waals surface area (Å²) in [5, 5.41) is 7.89. The fraction of sp³-hybridized carbons (Fsp3) is 0.318. The van der Waals surface area contributed by atoms with E-state index in [0.717, 1.165) is 11.1 Å². The summed E-state index contributed by atoms with van der Waals surface area (Å²) in [5.74, 6) is -37.7. The number of aliphatic carboxylic acids is 1. The van der Waals surface area contributed by atoms with E-state index in [-0.39, 0.29) is 5.57 Å². The summed E-state index contributed by atoms with van der Waals surface area (Å²) in [7, 11) is 0. The summed E-state index contributed by atoms with van der Waals surface area (Å²) in [4.78, 5) is 9.60. The molecule has 15 heteroatoms. The lowest BCUT2D eigenvalue weighted by molar-refractivity contribution is -0.436. The molecular formula is C22H19F13O2. The lowest BCUT2D eigenvalue weighted by atomic mass is 9.94. The zero-order chi connectivity index (χ0) is 30.3. The van der Waals surface area contributed by atoms with Gasteiger partial charge in [-0.3, -0.25) is 0 Å². The summed E-state index contributed by atoms with van der Waals surface area (Å²) in [6.07, 6.45) is -5.02. The molecule has 0 aliphatic heterocycles. The molecule has 0 spiro atoms. The lowest BCUT2D eigenvalue weighted by Gasteiger charge is -2.38. The molecule has 0 saturated carbocycles. The topological polar surface area (TPSA) is 37.3 Å². The standard InChI is InChI=1S/C10H10.C8H3F13.C4H6O2/c1-3-9-7-5-6-8-10(9)4-2;1-2-3(9,10)4(11,12)5(13,14)6(15,16)7(17,18)8(19,20)21;1-3(2)4(5)6/h3-8H,1-2H2;2H,1H2;1H2,2H3,(H,5,6). The minimum atomic E-state index is -7.85. The van der Waals surface area contributed by atoms with Crippen LogP contribution in [0.3, 0.4) is 0 Å². The molecule has 37 heavy (non-hydrogen) atoms. The fourth-order valence-corrected chi connectivity index (χ4v) is 1.79. The van der Waals surface area contributed by atoms with Crippen LogP contribution in [0.15, 0.2) is 62.2 Å². The second-order valence-corrected chi connectivity index (χ2v) is 6.75. The predicted octanol–water partition coefficient (Wildman–Crippen LogP) is 8.53. The fourth-order valence-electron chi connectivity index (χ4n) is 1.79. The summed E-state index contributed by atoms with van der Waals surface area (Å²) in [6.45, 7) is 13.9. The molecule has 0 atom stereocenters. The van der Waals surface area contributed by atoms with E-state index in [1.807, 2.05) is 43.0 Å². The van der Waals surface area contributed by atoms with E-state index in [1.54, 1.807) is 0 Å². The Hall–Kier alpha value is -3.26. The van der Waals surface area contributed by atoms with Crippen molar-refractivity contribution < 1.29 is 67.0 Å². The normalized spacial score (nSPS) is 12.7. The molecule has 0 saturated heterocycles. The van der Waals surface area contributed by atoms with Gasteiger partial charge in [0.15, 0.2) is 0 Å². The maximum atomic E-state index is 12.7. The van der Waals surface area contributed by atoms with Crippen LogP contribution in [0, 0.1) is 0 Å². The van der Waals surface area contributed by atoms with Gasteiger partial charge in [0.05, 0.1) is 0 Å². The molecule has 0 amide bonds. The molecule has 0 aromatic heterocycles. The van der Waals surface area contributed by atoms with Crippen LogP contribution in [0.4, 0.5) is 57.1 Å². The molecule has 1 rings (SSSR count). The Labute approximate surface area is 202 Å². The van der Waals surface area contributed by atoms with Crippen molar-refractivity contribution in [1.82, 2.24) is 0 Å². The monoisotopic (exact) mass is 562 g/mol. The van der Waals surface area contributed by atoms with Gasteiger partial charge in [0.2, 0.25) is 0 Å². The van der Waals surface area contributed by atoms with E-state index >= 15 is 0 Å². The molecule has 0 aliphatic rings.